The van der Waals surface area contributed by atoms with Crippen LogP contribution in [0.5, 0.6) is 0 Å². The Hall–Kier alpha value is -1.09. The highest BCUT2D eigenvalue weighted by atomic mass is 15.2. The van der Waals surface area contributed by atoms with Gasteiger partial charge in [-0.15, -0.1) is 0 Å². The van der Waals surface area contributed by atoms with Crippen LogP contribution in [0, 0.1) is 12.8 Å². The van der Waals surface area contributed by atoms with Gasteiger partial charge in [-0.25, -0.2) is 4.98 Å². The van der Waals surface area contributed by atoms with Crippen LogP contribution in [0.3, 0.4) is 0 Å². The minimum atomic E-state index is 0.533. The van der Waals surface area contributed by atoms with Gasteiger partial charge in [0.2, 0.25) is 0 Å². The lowest BCUT2D eigenvalue weighted by atomic mass is 10.1. The van der Waals surface area contributed by atoms with E-state index in [1.165, 1.54) is 5.56 Å². The molecule has 1 aromatic rings. The van der Waals surface area contributed by atoms with Gasteiger partial charge in [-0.3, -0.25) is 0 Å². The van der Waals surface area contributed by atoms with Crippen molar-refractivity contribution in [1.82, 2.24) is 10.3 Å². The number of nitrogens with zero attached hydrogens (tertiary/aromatic N) is 2. The van der Waals surface area contributed by atoms with E-state index in [1.54, 1.807) is 0 Å². The zero-order chi connectivity index (χ0) is 15.1. The van der Waals surface area contributed by atoms with E-state index in [-0.39, 0.29) is 0 Å². The van der Waals surface area contributed by atoms with Gasteiger partial charge in [0.05, 0.1) is 0 Å². The van der Waals surface area contributed by atoms with Gasteiger partial charge in [-0.1, -0.05) is 20.8 Å². The summed E-state index contributed by atoms with van der Waals surface area (Å²) in [4.78, 5) is 7.10. The maximum absolute atomic E-state index is 4.72. The lowest BCUT2D eigenvalue weighted by Crippen LogP contribution is -2.33. The molecule has 0 fully saturated rings. The van der Waals surface area contributed by atoms with Crippen LogP contribution in [-0.4, -0.2) is 24.1 Å². The smallest absolute Gasteiger partial charge is 0.129 e. The standard InChI is InChI=1S/C17H31N3/c1-7-15(6)20(8-2)17-10-16(9-14(5)19-17)12-18-11-13(3)4/h9-10,13,15,18H,7-8,11-12H2,1-6H3. The Labute approximate surface area is 124 Å². The van der Waals surface area contributed by atoms with Gasteiger partial charge >= 0.3 is 0 Å². The summed E-state index contributed by atoms with van der Waals surface area (Å²) in [6.07, 6.45) is 1.14. The van der Waals surface area contributed by atoms with E-state index in [0.29, 0.717) is 12.0 Å². The third kappa shape index (κ3) is 5.12. The molecule has 0 aliphatic rings. The predicted octanol–water partition coefficient (Wildman–Crippen LogP) is 3.76. The number of aryl methyl sites for hydroxylation is 1. The molecule has 0 amide bonds. The van der Waals surface area contributed by atoms with E-state index in [2.05, 4.69) is 63.9 Å². The topological polar surface area (TPSA) is 28.2 Å². The Morgan fingerprint density at radius 3 is 2.45 bits per heavy atom. The van der Waals surface area contributed by atoms with Crippen LogP contribution in [-0.2, 0) is 6.54 Å². The van der Waals surface area contributed by atoms with E-state index >= 15 is 0 Å². The fourth-order valence-corrected chi connectivity index (χ4v) is 2.40. The number of pyridine rings is 1. The van der Waals surface area contributed by atoms with E-state index in [9.17, 15) is 0 Å². The van der Waals surface area contributed by atoms with Crippen LogP contribution in [0.15, 0.2) is 12.1 Å². The van der Waals surface area contributed by atoms with Gasteiger partial charge in [-0.05, 0) is 57.4 Å². The normalized spacial score (nSPS) is 12.8. The summed E-state index contributed by atoms with van der Waals surface area (Å²) in [5.74, 6) is 1.80. The Morgan fingerprint density at radius 1 is 1.20 bits per heavy atom. The summed E-state index contributed by atoms with van der Waals surface area (Å²) < 4.78 is 0. The van der Waals surface area contributed by atoms with Gasteiger partial charge in [0.1, 0.15) is 5.82 Å². The summed E-state index contributed by atoms with van der Waals surface area (Å²) >= 11 is 0. The molecule has 1 aromatic heterocycles. The quantitative estimate of drug-likeness (QED) is 0.784. The first-order valence-corrected chi connectivity index (χ1v) is 7.92. The summed E-state index contributed by atoms with van der Waals surface area (Å²) in [5.41, 5.74) is 2.43. The SMILES string of the molecule is CCC(C)N(CC)c1cc(CNCC(C)C)cc(C)n1. The van der Waals surface area contributed by atoms with Gasteiger partial charge < -0.3 is 10.2 Å². The fraction of sp³-hybridized carbons (Fsp3) is 0.706. The molecular formula is C17H31N3. The summed E-state index contributed by atoms with van der Waals surface area (Å²) in [6, 6.07) is 4.95. The highest BCUT2D eigenvalue weighted by Crippen LogP contribution is 2.18. The molecule has 1 heterocycles. The highest BCUT2D eigenvalue weighted by Gasteiger charge is 2.13. The van der Waals surface area contributed by atoms with E-state index in [0.717, 1.165) is 37.6 Å². The predicted molar refractivity (Wildman–Crippen MR) is 88.3 cm³/mol. The Kier molecular flexibility index (Phi) is 7.00. The van der Waals surface area contributed by atoms with Crippen LogP contribution >= 0.6 is 0 Å². The number of hydrogen-bond donors (Lipinski definition) is 1. The zero-order valence-electron chi connectivity index (χ0n) is 14.0. The molecule has 0 aliphatic heterocycles. The second kappa shape index (κ2) is 8.25. The molecule has 20 heavy (non-hydrogen) atoms. The fourth-order valence-electron chi connectivity index (χ4n) is 2.40. The Bertz CT molecular complexity index is 401. The molecule has 0 saturated heterocycles. The average Bonchev–Trinajstić information content (AvgIpc) is 2.38. The van der Waals surface area contributed by atoms with Crippen LogP contribution in [0.4, 0.5) is 5.82 Å². The number of rotatable bonds is 8. The summed E-state index contributed by atoms with van der Waals surface area (Å²) in [5, 5.41) is 3.51. The number of hydrogen-bond acceptors (Lipinski definition) is 3. The third-order valence-electron chi connectivity index (χ3n) is 3.64. The molecule has 0 aromatic carbocycles. The van der Waals surface area contributed by atoms with E-state index < -0.39 is 0 Å². The van der Waals surface area contributed by atoms with Crippen molar-refractivity contribution in [2.24, 2.45) is 5.92 Å². The molecule has 3 heteroatoms. The Morgan fingerprint density at radius 2 is 1.90 bits per heavy atom. The first-order valence-electron chi connectivity index (χ1n) is 7.92. The lowest BCUT2D eigenvalue weighted by molar-refractivity contribution is 0.551. The molecule has 0 saturated carbocycles. The van der Waals surface area contributed by atoms with Gasteiger partial charge in [0.15, 0.2) is 0 Å². The monoisotopic (exact) mass is 277 g/mol. The minimum absolute atomic E-state index is 0.533. The van der Waals surface area contributed by atoms with Crippen molar-refractivity contribution in [2.75, 3.05) is 18.0 Å². The first-order chi connectivity index (χ1) is 9.47. The van der Waals surface area contributed by atoms with Crippen LogP contribution < -0.4 is 10.2 Å². The number of nitrogens with one attached hydrogen (secondary N) is 1. The second-order valence-corrected chi connectivity index (χ2v) is 6.04. The van der Waals surface area contributed by atoms with Crippen LogP contribution in [0.25, 0.3) is 0 Å². The van der Waals surface area contributed by atoms with Gasteiger partial charge in [0.25, 0.3) is 0 Å². The molecule has 1 unspecified atom stereocenters. The van der Waals surface area contributed by atoms with Crippen molar-refractivity contribution in [3.05, 3.63) is 23.4 Å². The number of anilines is 1. The maximum Gasteiger partial charge on any atom is 0.129 e. The van der Waals surface area contributed by atoms with Crippen molar-refractivity contribution >= 4 is 5.82 Å². The molecule has 0 spiro atoms. The zero-order valence-corrected chi connectivity index (χ0v) is 14.0. The lowest BCUT2D eigenvalue weighted by Gasteiger charge is -2.29. The average molecular weight is 277 g/mol. The van der Waals surface area contributed by atoms with Crippen molar-refractivity contribution in [1.29, 1.82) is 0 Å². The van der Waals surface area contributed by atoms with E-state index in [4.69, 9.17) is 4.98 Å². The van der Waals surface area contributed by atoms with Crippen molar-refractivity contribution in [2.45, 2.75) is 60.5 Å². The summed E-state index contributed by atoms with van der Waals surface area (Å²) in [7, 11) is 0. The van der Waals surface area contributed by atoms with Crippen molar-refractivity contribution in [3.8, 4) is 0 Å². The van der Waals surface area contributed by atoms with Gasteiger partial charge in [-0.2, -0.15) is 0 Å². The summed E-state index contributed by atoms with van der Waals surface area (Å²) in [6.45, 7) is 16.2. The molecule has 0 bridgehead atoms. The molecular weight excluding hydrogens is 246 g/mol. The molecule has 114 valence electrons. The first kappa shape index (κ1) is 17.0. The molecule has 0 radical (unpaired) electrons. The van der Waals surface area contributed by atoms with Crippen LogP contribution in [0.1, 0.15) is 52.3 Å². The van der Waals surface area contributed by atoms with Crippen molar-refractivity contribution < 1.29 is 0 Å². The molecule has 0 aliphatic carbocycles. The largest absolute Gasteiger partial charge is 0.354 e. The second-order valence-electron chi connectivity index (χ2n) is 6.04. The molecule has 1 atom stereocenters. The van der Waals surface area contributed by atoms with E-state index in [1.807, 2.05) is 0 Å². The van der Waals surface area contributed by atoms with Crippen molar-refractivity contribution in [3.63, 3.8) is 0 Å². The molecule has 1 rings (SSSR count). The minimum Gasteiger partial charge on any atom is -0.354 e. The number of aromatic nitrogens is 1. The maximum atomic E-state index is 4.72. The molecule has 1 N–H and O–H groups in total. The molecule has 3 nitrogen and oxygen atoms in total. The highest BCUT2D eigenvalue weighted by molar-refractivity contribution is 5.43. The Balaban J connectivity index is 2.84. The third-order valence-corrected chi connectivity index (χ3v) is 3.64. The van der Waals surface area contributed by atoms with Gasteiger partial charge in [0, 0.05) is 24.8 Å². The van der Waals surface area contributed by atoms with Crippen LogP contribution in [0.2, 0.25) is 0 Å².